The second kappa shape index (κ2) is 5.29. The predicted octanol–water partition coefficient (Wildman–Crippen LogP) is 5.02. The van der Waals surface area contributed by atoms with Gasteiger partial charge >= 0.3 is 0 Å². The van der Waals surface area contributed by atoms with Gasteiger partial charge in [0.15, 0.2) is 0 Å². The van der Waals surface area contributed by atoms with E-state index >= 15 is 0 Å². The monoisotopic (exact) mass is 363 g/mol. The zero-order valence-corrected chi connectivity index (χ0v) is 12.1. The van der Waals surface area contributed by atoms with Gasteiger partial charge in [0.1, 0.15) is 5.82 Å². The van der Waals surface area contributed by atoms with Gasteiger partial charge < -0.3 is 5.32 Å². The Balaban J connectivity index is 2.07. The van der Waals surface area contributed by atoms with Crippen LogP contribution in [0.1, 0.15) is 4.88 Å². The summed E-state index contributed by atoms with van der Waals surface area (Å²) in [6.45, 7) is 0.693. The molecule has 0 radical (unpaired) electrons. The van der Waals surface area contributed by atoms with Crippen LogP contribution in [0.5, 0.6) is 0 Å². The van der Waals surface area contributed by atoms with Crippen LogP contribution >= 0.6 is 43.2 Å². The Kier molecular flexibility index (Phi) is 4.00. The fraction of sp³-hybridized carbons (Fsp3) is 0.0909. The zero-order valence-electron chi connectivity index (χ0n) is 8.14. The molecule has 0 saturated carbocycles. The Morgan fingerprint density at radius 1 is 1.19 bits per heavy atom. The predicted molar refractivity (Wildman–Crippen MR) is 73.4 cm³/mol. The maximum atomic E-state index is 13.0. The lowest BCUT2D eigenvalue weighted by Gasteiger charge is -2.07. The van der Waals surface area contributed by atoms with Crippen LogP contribution in [0, 0.1) is 5.82 Å². The first kappa shape index (κ1) is 12.1. The Morgan fingerprint density at radius 3 is 2.69 bits per heavy atom. The molecule has 2 aromatic rings. The third kappa shape index (κ3) is 3.06. The van der Waals surface area contributed by atoms with E-state index < -0.39 is 0 Å². The molecule has 1 heterocycles. The van der Waals surface area contributed by atoms with Crippen molar-refractivity contribution in [2.24, 2.45) is 0 Å². The van der Waals surface area contributed by atoms with Gasteiger partial charge in [0.25, 0.3) is 0 Å². The van der Waals surface area contributed by atoms with E-state index in [1.807, 2.05) is 12.1 Å². The molecule has 1 aromatic heterocycles. The highest BCUT2D eigenvalue weighted by Gasteiger charge is 2.02. The topological polar surface area (TPSA) is 12.0 Å². The summed E-state index contributed by atoms with van der Waals surface area (Å²) in [6, 6.07) is 8.64. The molecule has 5 heteroatoms. The van der Waals surface area contributed by atoms with Crippen molar-refractivity contribution in [3.05, 3.63) is 49.3 Å². The number of halogens is 3. The summed E-state index contributed by atoms with van der Waals surface area (Å²) in [5.41, 5.74) is 0.768. The normalized spacial score (nSPS) is 10.4. The zero-order chi connectivity index (χ0) is 11.5. The van der Waals surface area contributed by atoms with E-state index in [-0.39, 0.29) is 5.82 Å². The average molecular weight is 365 g/mol. The van der Waals surface area contributed by atoms with Crippen LogP contribution in [0.15, 0.2) is 38.6 Å². The molecule has 0 spiro atoms. The van der Waals surface area contributed by atoms with Crippen LogP contribution in [0.3, 0.4) is 0 Å². The van der Waals surface area contributed by atoms with Gasteiger partial charge in [-0.3, -0.25) is 0 Å². The summed E-state index contributed by atoms with van der Waals surface area (Å²) >= 11 is 8.44. The Labute approximate surface area is 114 Å². The van der Waals surface area contributed by atoms with Crippen molar-refractivity contribution in [2.75, 3.05) is 5.32 Å². The molecule has 0 unspecified atom stereocenters. The van der Waals surface area contributed by atoms with E-state index in [1.54, 1.807) is 17.4 Å². The molecule has 0 aliphatic heterocycles. The Bertz CT molecular complexity index is 498. The molecule has 1 nitrogen and oxygen atoms in total. The van der Waals surface area contributed by atoms with E-state index in [2.05, 4.69) is 37.2 Å². The smallest absolute Gasteiger partial charge is 0.125 e. The lowest BCUT2D eigenvalue weighted by molar-refractivity contribution is 0.628. The van der Waals surface area contributed by atoms with Gasteiger partial charge in [-0.05, 0) is 62.2 Å². The first-order chi connectivity index (χ1) is 7.65. The van der Waals surface area contributed by atoms with E-state index in [0.717, 1.165) is 13.9 Å². The number of anilines is 1. The summed E-state index contributed by atoms with van der Waals surface area (Å²) < 4.78 is 15.0. The van der Waals surface area contributed by atoms with Crippen LogP contribution in [0.4, 0.5) is 10.1 Å². The van der Waals surface area contributed by atoms with Crippen LogP contribution in [0.25, 0.3) is 0 Å². The average Bonchev–Trinajstić information content (AvgIpc) is 2.66. The number of hydrogen-bond donors (Lipinski definition) is 1. The number of rotatable bonds is 3. The Morgan fingerprint density at radius 2 is 2.00 bits per heavy atom. The summed E-state index contributed by atoms with van der Waals surface area (Å²) in [4.78, 5) is 1.20. The SMILES string of the molecule is Fc1ccc(Br)c(NCc2ccc(Br)s2)c1. The van der Waals surface area contributed by atoms with Gasteiger partial charge in [-0.25, -0.2) is 4.39 Å². The van der Waals surface area contributed by atoms with Crippen molar-refractivity contribution in [1.29, 1.82) is 0 Å². The van der Waals surface area contributed by atoms with Crippen molar-refractivity contribution in [1.82, 2.24) is 0 Å². The summed E-state index contributed by atoms with van der Waals surface area (Å²) in [5.74, 6) is -0.238. The maximum Gasteiger partial charge on any atom is 0.125 e. The summed E-state index contributed by atoms with van der Waals surface area (Å²) in [7, 11) is 0. The quantitative estimate of drug-likeness (QED) is 0.805. The molecule has 0 atom stereocenters. The van der Waals surface area contributed by atoms with Crippen molar-refractivity contribution >= 4 is 48.9 Å². The first-order valence-corrected chi connectivity index (χ1v) is 6.98. The van der Waals surface area contributed by atoms with E-state index in [0.29, 0.717) is 6.54 Å². The maximum absolute atomic E-state index is 13.0. The summed E-state index contributed by atoms with van der Waals surface area (Å²) in [6.07, 6.45) is 0. The van der Waals surface area contributed by atoms with Gasteiger partial charge in [0.05, 0.1) is 9.47 Å². The van der Waals surface area contributed by atoms with E-state index in [1.165, 1.54) is 17.0 Å². The highest BCUT2D eigenvalue weighted by molar-refractivity contribution is 9.11. The van der Waals surface area contributed by atoms with Crippen LogP contribution < -0.4 is 5.32 Å². The molecule has 0 saturated heterocycles. The highest BCUT2D eigenvalue weighted by Crippen LogP contribution is 2.26. The minimum absolute atomic E-state index is 0.238. The van der Waals surface area contributed by atoms with Crippen molar-refractivity contribution in [3.8, 4) is 0 Å². The van der Waals surface area contributed by atoms with Gasteiger partial charge in [0.2, 0.25) is 0 Å². The largest absolute Gasteiger partial charge is 0.379 e. The molecule has 0 aliphatic carbocycles. The standard InChI is InChI=1S/C11H8Br2FNS/c12-9-3-1-7(14)5-10(9)15-6-8-2-4-11(13)16-8/h1-5,15H,6H2. The van der Waals surface area contributed by atoms with E-state index in [4.69, 9.17) is 0 Å². The molecule has 1 aromatic carbocycles. The fourth-order valence-electron chi connectivity index (χ4n) is 1.26. The van der Waals surface area contributed by atoms with Gasteiger partial charge in [-0.1, -0.05) is 0 Å². The van der Waals surface area contributed by atoms with E-state index in [9.17, 15) is 4.39 Å². The minimum Gasteiger partial charge on any atom is -0.379 e. The molecule has 0 bridgehead atoms. The molecule has 0 aliphatic rings. The van der Waals surface area contributed by atoms with Gasteiger partial charge in [-0.2, -0.15) is 0 Å². The van der Waals surface area contributed by atoms with Crippen molar-refractivity contribution in [3.63, 3.8) is 0 Å². The van der Waals surface area contributed by atoms with Gasteiger partial charge in [0, 0.05) is 15.9 Å². The summed E-state index contributed by atoms with van der Waals surface area (Å²) in [5, 5.41) is 3.19. The van der Waals surface area contributed by atoms with Gasteiger partial charge in [-0.15, -0.1) is 11.3 Å². The second-order valence-corrected chi connectivity index (χ2v) is 6.59. The van der Waals surface area contributed by atoms with Crippen molar-refractivity contribution in [2.45, 2.75) is 6.54 Å². The van der Waals surface area contributed by atoms with Crippen LogP contribution in [-0.4, -0.2) is 0 Å². The van der Waals surface area contributed by atoms with Crippen LogP contribution in [-0.2, 0) is 6.54 Å². The lowest BCUT2D eigenvalue weighted by atomic mass is 10.3. The van der Waals surface area contributed by atoms with Crippen LogP contribution in [0.2, 0.25) is 0 Å². The number of hydrogen-bond acceptors (Lipinski definition) is 2. The van der Waals surface area contributed by atoms with Crippen molar-refractivity contribution < 1.29 is 4.39 Å². The Hall–Kier alpha value is -0.390. The molecule has 16 heavy (non-hydrogen) atoms. The molecule has 0 fully saturated rings. The molecule has 1 N–H and O–H groups in total. The minimum atomic E-state index is -0.238. The number of thiophene rings is 1. The molecule has 0 amide bonds. The molecular formula is C11H8Br2FNS. The third-order valence-electron chi connectivity index (χ3n) is 2.01. The first-order valence-electron chi connectivity index (χ1n) is 4.58. The molecule has 2 rings (SSSR count). The highest BCUT2D eigenvalue weighted by atomic mass is 79.9. The number of nitrogens with one attached hydrogen (secondary N) is 1. The lowest BCUT2D eigenvalue weighted by Crippen LogP contribution is -1.98. The number of benzene rings is 1. The second-order valence-electron chi connectivity index (χ2n) is 3.18. The third-order valence-corrected chi connectivity index (χ3v) is 4.33. The fourth-order valence-corrected chi connectivity index (χ4v) is 3.07. The molecule has 84 valence electrons. The molecular weight excluding hydrogens is 357 g/mol.